The van der Waals surface area contributed by atoms with Gasteiger partial charge in [-0.05, 0) is 25.0 Å². The molecular weight excluding hydrogens is 204 g/mol. The zero-order valence-corrected chi connectivity index (χ0v) is 9.83. The van der Waals surface area contributed by atoms with E-state index in [9.17, 15) is 0 Å². The van der Waals surface area contributed by atoms with Crippen molar-refractivity contribution in [3.05, 3.63) is 16.3 Å². The molecule has 72 valence electrons. The second-order valence-electron chi connectivity index (χ2n) is 3.21. The van der Waals surface area contributed by atoms with E-state index >= 15 is 0 Å². The summed E-state index contributed by atoms with van der Waals surface area (Å²) >= 11 is 7.56. The quantitative estimate of drug-likeness (QED) is 0.710. The molecule has 0 aliphatic carbocycles. The molecule has 0 bridgehead atoms. The minimum atomic E-state index is 0.505. The van der Waals surface area contributed by atoms with Gasteiger partial charge in [0, 0.05) is 5.25 Å². The predicted octanol–water partition coefficient (Wildman–Crippen LogP) is 3.25. The maximum atomic E-state index is 5.84. The van der Waals surface area contributed by atoms with Crippen LogP contribution in [0.2, 0.25) is 5.15 Å². The first kappa shape index (κ1) is 10.8. The van der Waals surface area contributed by atoms with Gasteiger partial charge in [0.2, 0.25) is 0 Å². The molecule has 1 rings (SSSR count). The van der Waals surface area contributed by atoms with Gasteiger partial charge in [-0.3, -0.25) is 0 Å². The fourth-order valence-corrected chi connectivity index (χ4v) is 1.93. The summed E-state index contributed by atoms with van der Waals surface area (Å²) in [5.74, 6) is 0. The number of thioether (sulfide) groups is 1. The monoisotopic (exact) mass is 216 g/mol. The number of rotatable bonds is 2. The molecule has 0 aromatic carbocycles. The van der Waals surface area contributed by atoms with Crippen LogP contribution in [0.3, 0.4) is 0 Å². The Labute approximate surface area is 88.1 Å². The summed E-state index contributed by atoms with van der Waals surface area (Å²) < 4.78 is 0. The van der Waals surface area contributed by atoms with Crippen LogP contribution in [-0.4, -0.2) is 15.4 Å². The molecule has 13 heavy (non-hydrogen) atoms. The minimum Gasteiger partial charge on any atom is -0.142 e. The summed E-state index contributed by atoms with van der Waals surface area (Å²) in [5, 5.41) is 9.96. The van der Waals surface area contributed by atoms with E-state index in [2.05, 4.69) is 24.0 Å². The van der Waals surface area contributed by atoms with Crippen molar-refractivity contribution >= 4 is 23.4 Å². The van der Waals surface area contributed by atoms with Crippen LogP contribution in [0.4, 0.5) is 0 Å². The van der Waals surface area contributed by atoms with Gasteiger partial charge in [0.25, 0.3) is 0 Å². The van der Waals surface area contributed by atoms with Crippen LogP contribution in [0.1, 0.15) is 25.0 Å². The fraction of sp³-hybridized carbons (Fsp3) is 0.556. The minimum absolute atomic E-state index is 0.505. The summed E-state index contributed by atoms with van der Waals surface area (Å²) in [4.78, 5) is 0. The van der Waals surface area contributed by atoms with Crippen LogP contribution in [0.15, 0.2) is 5.03 Å². The lowest BCUT2D eigenvalue weighted by Crippen LogP contribution is -1.98. The van der Waals surface area contributed by atoms with Gasteiger partial charge in [-0.15, -0.1) is 22.0 Å². The Bertz CT molecular complexity index is 313. The van der Waals surface area contributed by atoms with Gasteiger partial charge in [-0.1, -0.05) is 25.4 Å². The zero-order valence-electron chi connectivity index (χ0n) is 8.26. The van der Waals surface area contributed by atoms with E-state index in [0.717, 1.165) is 16.2 Å². The van der Waals surface area contributed by atoms with Crippen LogP contribution >= 0.6 is 23.4 Å². The molecule has 0 spiro atoms. The third-order valence-corrected chi connectivity index (χ3v) is 3.21. The molecule has 0 atom stereocenters. The second kappa shape index (κ2) is 4.29. The molecule has 0 saturated heterocycles. The highest BCUT2D eigenvalue weighted by Crippen LogP contribution is 2.27. The van der Waals surface area contributed by atoms with Gasteiger partial charge in [-0.2, -0.15) is 0 Å². The van der Waals surface area contributed by atoms with Gasteiger partial charge in [0.1, 0.15) is 5.03 Å². The summed E-state index contributed by atoms with van der Waals surface area (Å²) in [5.41, 5.74) is 2.17. The highest BCUT2D eigenvalue weighted by molar-refractivity contribution is 7.99. The summed E-state index contributed by atoms with van der Waals surface area (Å²) in [6.45, 7) is 8.27. The van der Waals surface area contributed by atoms with E-state index in [1.54, 1.807) is 11.8 Å². The van der Waals surface area contributed by atoms with Gasteiger partial charge in [0.15, 0.2) is 5.15 Å². The topological polar surface area (TPSA) is 25.8 Å². The van der Waals surface area contributed by atoms with Crippen LogP contribution in [0.25, 0.3) is 0 Å². The fourth-order valence-electron chi connectivity index (χ4n) is 0.890. The molecule has 0 fully saturated rings. The van der Waals surface area contributed by atoms with E-state index < -0.39 is 0 Å². The van der Waals surface area contributed by atoms with E-state index in [1.807, 2.05) is 13.8 Å². The molecule has 1 heterocycles. The largest absolute Gasteiger partial charge is 0.154 e. The molecule has 0 radical (unpaired) electrons. The first-order chi connectivity index (χ1) is 6.02. The standard InChI is InChI=1S/C9H13ClN2S/c1-5(2)13-9-7(4)6(3)8(10)11-12-9/h5H,1-4H3. The van der Waals surface area contributed by atoms with Crippen molar-refractivity contribution in [2.45, 2.75) is 38.0 Å². The van der Waals surface area contributed by atoms with Crippen molar-refractivity contribution in [1.82, 2.24) is 10.2 Å². The summed E-state index contributed by atoms with van der Waals surface area (Å²) in [6, 6.07) is 0. The van der Waals surface area contributed by atoms with Crippen LogP contribution < -0.4 is 0 Å². The highest BCUT2D eigenvalue weighted by atomic mass is 35.5. The predicted molar refractivity (Wildman–Crippen MR) is 57.5 cm³/mol. The molecular formula is C9H13ClN2S. The van der Waals surface area contributed by atoms with Gasteiger partial charge >= 0.3 is 0 Å². The Morgan fingerprint density at radius 3 is 2.31 bits per heavy atom. The SMILES string of the molecule is Cc1c(Cl)nnc(SC(C)C)c1C. The Kier molecular flexibility index (Phi) is 3.56. The summed E-state index contributed by atoms with van der Waals surface area (Å²) in [7, 11) is 0. The molecule has 0 aliphatic rings. The second-order valence-corrected chi connectivity index (χ2v) is 5.14. The van der Waals surface area contributed by atoms with Crippen molar-refractivity contribution in [2.75, 3.05) is 0 Å². The lowest BCUT2D eigenvalue weighted by Gasteiger charge is -2.08. The number of nitrogens with zero attached hydrogens (tertiary/aromatic N) is 2. The Balaban J connectivity index is 3.04. The van der Waals surface area contributed by atoms with E-state index in [4.69, 9.17) is 11.6 Å². The van der Waals surface area contributed by atoms with Gasteiger partial charge in [-0.25, -0.2) is 0 Å². The average Bonchev–Trinajstić information content (AvgIpc) is 2.06. The highest BCUT2D eigenvalue weighted by Gasteiger charge is 2.09. The first-order valence-corrected chi connectivity index (χ1v) is 5.44. The van der Waals surface area contributed by atoms with Crippen molar-refractivity contribution in [3.8, 4) is 0 Å². The lowest BCUT2D eigenvalue weighted by molar-refractivity contribution is 0.886. The molecule has 2 nitrogen and oxygen atoms in total. The third kappa shape index (κ3) is 2.58. The molecule has 1 aromatic rings. The molecule has 4 heteroatoms. The Morgan fingerprint density at radius 1 is 1.15 bits per heavy atom. The molecule has 0 amide bonds. The van der Waals surface area contributed by atoms with Crippen molar-refractivity contribution < 1.29 is 0 Å². The van der Waals surface area contributed by atoms with Crippen LogP contribution in [0.5, 0.6) is 0 Å². The number of hydrogen-bond acceptors (Lipinski definition) is 3. The Morgan fingerprint density at radius 2 is 1.77 bits per heavy atom. The van der Waals surface area contributed by atoms with E-state index in [0.29, 0.717) is 10.4 Å². The maximum absolute atomic E-state index is 5.84. The molecule has 0 saturated carbocycles. The van der Waals surface area contributed by atoms with Crippen molar-refractivity contribution in [3.63, 3.8) is 0 Å². The first-order valence-electron chi connectivity index (χ1n) is 4.18. The van der Waals surface area contributed by atoms with Crippen LogP contribution in [0, 0.1) is 13.8 Å². The van der Waals surface area contributed by atoms with Gasteiger partial charge in [0.05, 0.1) is 0 Å². The molecule has 0 unspecified atom stereocenters. The normalized spacial score (nSPS) is 10.9. The van der Waals surface area contributed by atoms with Crippen LogP contribution in [-0.2, 0) is 0 Å². The lowest BCUT2D eigenvalue weighted by atomic mass is 10.2. The third-order valence-electron chi connectivity index (χ3n) is 1.77. The van der Waals surface area contributed by atoms with Gasteiger partial charge < -0.3 is 0 Å². The summed E-state index contributed by atoms with van der Waals surface area (Å²) in [6.07, 6.45) is 0. The average molecular weight is 217 g/mol. The van der Waals surface area contributed by atoms with E-state index in [-0.39, 0.29) is 0 Å². The smallest absolute Gasteiger partial charge is 0.142 e. The number of hydrogen-bond donors (Lipinski definition) is 0. The Hall–Kier alpha value is -0.280. The maximum Gasteiger partial charge on any atom is 0.154 e. The number of halogens is 1. The molecule has 1 aromatic heterocycles. The van der Waals surface area contributed by atoms with Crippen molar-refractivity contribution in [2.24, 2.45) is 0 Å². The molecule has 0 aliphatic heterocycles. The van der Waals surface area contributed by atoms with E-state index in [1.165, 1.54) is 0 Å². The molecule has 0 N–H and O–H groups in total. The zero-order chi connectivity index (χ0) is 10.0. The van der Waals surface area contributed by atoms with Crippen molar-refractivity contribution in [1.29, 1.82) is 0 Å². The number of aromatic nitrogens is 2.